The van der Waals surface area contributed by atoms with Crippen LogP contribution in [-0.4, -0.2) is 28.8 Å². The molecule has 6 heteroatoms. The number of aryl methyl sites for hydroxylation is 1. The highest BCUT2D eigenvalue weighted by atomic mass is 35.5. The van der Waals surface area contributed by atoms with Gasteiger partial charge in [0.1, 0.15) is 11.9 Å². The van der Waals surface area contributed by atoms with E-state index in [1.807, 2.05) is 0 Å². The van der Waals surface area contributed by atoms with E-state index in [1.165, 1.54) is 13.0 Å². The molecule has 0 fully saturated rings. The number of benzene rings is 1. The number of aliphatic hydroxyl groups is 2. The summed E-state index contributed by atoms with van der Waals surface area (Å²) in [5.74, 6) is -0.892. The lowest BCUT2D eigenvalue weighted by Gasteiger charge is -2.19. The average Bonchev–Trinajstić information content (AvgIpc) is 2.32. The van der Waals surface area contributed by atoms with Crippen molar-refractivity contribution >= 4 is 17.5 Å². The fourth-order valence-electron chi connectivity index (χ4n) is 1.67. The Morgan fingerprint density at radius 3 is 2.68 bits per heavy atom. The first-order valence-corrected chi connectivity index (χ1v) is 6.26. The maximum absolute atomic E-state index is 13.7. The number of halogens is 2. The summed E-state index contributed by atoms with van der Waals surface area (Å²) in [6, 6.07) is 2.51. The molecule has 2 unspecified atom stereocenters. The van der Waals surface area contributed by atoms with E-state index in [0.717, 1.165) is 6.07 Å². The minimum atomic E-state index is -1.36. The lowest BCUT2D eigenvalue weighted by molar-refractivity contribution is -0.119. The van der Waals surface area contributed by atoms with Gasteiger partial charge in [-0.3, -0.25) is 4.79 Å². The third kappa shape index (κ3) is 4.45. The van der Waals surface area contributed by atoms with Crippen molar-refractivity contribution in [3.8, 4) is 0 Å². The summed E-state index contributed by atoms with van der Waals surface area (Å²) in [7, 11) is 0. The summed E-state index contributed by atoms with van der Waals surface area (Å²) in [5, 5.41) is 22.4. The highest BCUT2D eigenvalue weighted by molar-refractivity contribution is 6.31. The van der Waals surface area contributed by atoms with Gasteiger partial charge < -0.3 is 15.5 Å². The number of amides is 1. The topological polar surface area (TPSA) is 69.6 Å². The second kappa shape index (κ2) is 6.84. The van der Waals surface area contributed by atoms with Crippen LogP contribution in [0.4, 0.5) is 4.39 Å². The van der Waals surface area contributed by atoms with Crippen LogP contribution < -0.4 is 5.32 Å². The molecule has 1 amide bonds. The van der Waals surface area contributed by atoms with Crippen molar-refractivity contribution in [3.63, 3.8) is 0 Å². The first-order chi connectivity index (χ1) is 8.82. The largest absolute Gasteiger partial charge is 0.390 e. The number of nitrogens with one attached hydrogen (secondary N) is 1. The van der Waals surface area contributed by atoms with E-state index in [2.05, 4.69) is 5.32 Å². The number of hydrogen-bond acceptors (Lipinski definition) is 3. The fourth-order valence-corrected chi connectivity index (χ4v) is 1.82. The first-order valence-electron chi connectivity index (χ1n) is 5.89. The summed E-state index contributed by atoms with van der Waals surface area (Å²) >= 11 is 5.76. The Labute approximate surface area is 116 Å². The summed E-state index contributed by atoms with van der Waals surface area (Å²) in [4.78, 5) is 10.7. The molecule has 1 aromatic rings. The maximum Gasteiger partial charge on any atom is 0.216 e. The molecule has 0 heterocycles. The first kappa shape index (κ1) is 15.9. The molecule has 4 nitrogen and oxygen atoms in total. The molecule has 0 radical (unpaired) electrons. The Kier molecular flexibility index (Phi) is 5.72. The van der Waals surface area contributed by atoms with E-state index in [4.69, 9.17) is 11.6 Å². The quantitative estimate of drug-likeness (QED) is 0.773. The maximum atomic E-state index is 13.7. The third-order valence-electron chi connectivity index (χ3n) is 2.78. The Morgan fingerprint density at radius 2 is 2.11 bits per heavy atom. The van der Waals surface area contributed by atoms with E-state index in [0.29, 0.717) is 5.56 Å². The smallest absolute Gasteiger partial charge is 0.216 e. The van der Waals surface area contributed by atoms with Crippen molar-refractivity contribution in [2.75, 3.05) is 6.54 Å². The molecule has 1 rings (SSSR count). The minimum absolute atomic E-state index is 0.00257. The number of aliphatic hydroxyl groups excluding tert-OH is 2. The lowest BCUT2D eigenvalue weighted by Crippen LogP contribution is -2.28. The monoisotopic (exact) mass is 289 g/mol. The van der Waals surface area contributed by atoms with Gasteiger partial charge in [-0.2, -0.15) is 0 Å². The number of hydrogen-bond donors (Lipinski definition) is 3. The van der Waals surface area contributed by atoms with Gasteiger partial charge in [0.25, 0.3) is 0 Å². The molecule has 106 valence electrons. The Bertz CT molecular complexity index is 467. The van der Waals surface area contributed by atoms with Crippen LogP contribution in [0.15, 0.2) is 12.1 Å². The molecule has 0 aromatic heterocycles. The van der Waals surface area contributed by atoms with Gasteiger partial charge in [0.2, 0.25) is 5.91 Å². The second-order valence-corrected chi connectivity index (χ2v) is 4.81. The van der Waals surface area contributed by atoms with Gasteiger partial charge >= 0.3 is 0 Å². The van der Waals surface area contributed by atoms with E-state index in [1.54, 1.807) is 6.92 Å². The van der Waals surface area contributed by atoms with E-state index in [-0.39, 0.29) is 29.5 Å². The predicted octanol–water partition coefficient (Wildman–Crippen LogP) is 1.71. The van der Waals surface area contributed by atoms with Crippen LogP contribution in [-0.2, 0) is 4.79 Å². The molecule has 0 bridgehead atoms. The SMILES string of the molecule is CC(=O)NCCC(O)C(O)c1cc(C)c(Cl)cc1F. The Balaban J connectivity index is 2.73. The molecule has 0 aliphatic rings. The van der Waals surface area contributed by atoms with E-state index in [9.17, 15) is 19.4 Å². The number of carbonyl (C=O) groups excluding carboxylic acids is 1. The summed E-state index contributed by atoms with van der Waals surface area (Å²) < 4.78 is 13.7. The van der Waals surface area contributed by atoms with Crippen molar-refractivity contribution < 1.29 is 19.4 Å². The highest BCUT2D eigenvalue weighted by Gasteiger charge is 2.22. The van der Waals surface area contributed by atoms with Crippen LogP contribution in [0.5, 0.6) is 0 Å². The van der Waals surface area contributed by atoms with Gasteiger partial charge in [-0.05, 0) is 31.0 Å². The molecule has 2 atom stereocenters. The zero-order valence-corrected chi connectivity index (χ0v) is 11.5. The fraction of sp³-hybridized carbons (Fsp3) is 0.462. The summed E-state index contributed by atoms with van der Waals surface area (Å²) in [6.45, 7) is 3.24. The van der Waals surface area contributed by atoms with Crippen LogP contribution in [0.1, 0.15) is 30.6 Å². The molecule has 3 N–H and O–H groups in total. The van der Waals surface area contributed by atoms with Crippen molar-refractivity contribution in [1.82, 2.24) is 5.32 Å². The van der Waals surface area contributed by atoms with Crippen molar-refractivity contribution in [2.45, 2.75) is 32.5 Å². The number of rotatable bonds is 5. The predicted molar refractivity (Wildman–Crippen MR) is 70.4 cm³/mol. The third-order valence-corrected chi connectivity index (χ3v) is 3.18. The normalized spacial score (nSPS) is 14.0. The van der Waals surface area contributed by atoms with E-state index >= 15 is 0 Å². The Morgan fingerprint density at radius 1 is 1.47 bits per heavy atom. The molecule has 0 saturated carbocycles. The zero-order chi connectivity index (χ0) is 14.6. The molecule has 0 saturated heterocycles. The van der Waals surface area contributed by atoms with Crippen molar-refractivity contribution in [1.29, 1.82) is 0 Å². The molecule has 0 spiro atoms. The van der Waals surface area contributed by atoms with Gasteiger partial charge in [-0.1, -0.05) is 11.6 Å². The summed E-state index contributed by atoms with van der Waals surface area (Å²) in [5.41, 5.74) is 0.614. The van der Waals surface area contributed by atoms with Crippen LogP contribution >= 0.6 is 11.6 Å². The van der Waals surface area contributed by atoms with Gasteiger partial charge in [-0.15, -0.1) is 0 Å². The van der Waals surface area contributed by atoms with Gasteiger partial charge in [-0.25, -0.2) is 4.39 Å². The Hall–Kier alpha value is -1.17. The zero-order valence-electron chi connectivity index (χ0n) is 10.8. The molecular weight excluding hydrogens is 273 g/mol. The standard InChI is InChI=1S/C13H17ClFNO3/c1-7-5-9(11(15)6-10(7)14)13(19)12(18)3-4-16-8(2)17/h5-6,12-13,18-19H,3-4H2,1-2H3,(H,16,17). The molecule has 1 aromatic carbocycles. The second-order valence-electron chi connectivity index (χ2n) is 4.41. The highest BCUT2D eigenvalue weighted by Crippen LogP contribution is 2.27. The molecule has 0 aliphatic carbocycles. The van der Waals surface area contributed by atoms with Crippen LogP contribution in [0.3, 0.4) is 0 Å². The van der Waals surface area contributed by atoms with Gasteiger partial charge in [0.05, 0.1) is 6.10 Å². The van der Waals surface area contributed by atoms with Crippen LogP contribution in [0.25, 0.3) is 0 Å². The average molecular weight is 290 g/mol. The molecule has 0 aliphatic heterocycles. The van der Waals surface area contributed by atoms with E-state index < -0.39 is 18.0 Å². The lowest BCUT2D eigenvalue weighted by atomic mass is 10.00. The summed E-state index contributed by atoms with van der Waals surface area (Å²) in [6.07, 6.45) is -2.39. The van der Waals surface area contributed by atoms with Crippen LogP contribution in [0, 0.1) is 12.7 Å². The number of carbonyl (C=O) groups is 1. The van der Waals surface area contributed by atoms with Crippen molar-refractivity contribution in [2.24, 2.45) is 0 Å². The van der Waals surface area contributed by atoms with Crippen LogP contribution in [0.2, 0.25) is 5.02 Å². The van der Waals surface area contributed by atoms with Gasteiger partial charge in [0, 0.05) is 24.1 Å². The minimum Gasteiger partial charge on any atom is -0.390 e. The molecule has 19 heavy (non-hydrogen) atoms. The van der Waals surface area contributed by atoms with Crippen molar-refractivity contribution in [3.05, 3.63) is 34.1 Å². The molecular formula is C13H17ClFNO3. The van der Waals surface area contributed by atoms with Gasteiger partial charge in [0.15, 0.2) is 0 Å².